The molecular weight excluding hydrogens is 278 g/mol. The van der Waals surface area contributed by atoms with E-state index in [9.17, 15) is 8.78 Å². The first kappa shape index (κ1) is 15.1. The van der Waals surface area contributed by atoms with Gasteiger partial charge in [0.2, 0.25) is 0 Å². The quantitative estimate of drug-likeness (QED) is 0.802. The Morgan fingerprint density at radius 2 is 1.81 bits per heavy atom. The molecule has 5 nitrogen and oxygen atoms in total. The van der Waals surface area contributed by atoms with Gasteiger partial charge in [-0.25, -0.2) is 18.7 Å². The molecule has 2 aromatic rings. The van der Waals surface area contributed by atoms with Gasteiger partial charge in [-0.15, -0.1) is 0 Å². The van der Waals surface area contributed by atoms with Gasteiger partial charge in [0.1, 0.15) is 34.8 Å². The van der Waals surface area contributed by atoms with Gasteiger partial charge < -0.3 is 15.4 Å². The van der Waals surface area contributed by atoms with Crippen LogP contribution in [0.15, 0.2) is 24.3 Å². The molecule has 7 heteroatoms. The van der Waals surface area contributed by atoms with Crippen molar-refractivity contribution in [1.29, 1.82) is 0 Å². The second-order valence-electron chi connectivity index (χ2n) is 4.33. The van der Waals surface area contributed by atoms with Crippen LogP contribution in [0.1, 0.15) is 5.82 Å². The van der Waals surface area contributed by atoms with Gasteiger partial charge in [0.25, 0.3) is 0 Å². The van der Waals surface area contributed by atoms with Crippen LogP contribution in [0.4, 0.5) is 26.1 Å². The number of nitrogens with zero attached hydrogens (tertiary/aromatic N) is 2. The lowest BCUT2D eigenvalue weighted by Gasteiger charge is -2.11. The standard InChI is InChI=1S/C14H16F2N4O/c1-9-18-12(17-6-7-21-2)8-13(19-9)20-14-10(15)4-3-5-11(14)16/h3-5,8H,6-7H2,1-2H3,(H2,17,18,19,20). The van der Waals surface area contributed by atoms with Gasteiger partial charge in [-0.2, -0.15) is 0 Å². The zero-order chi connectivity index (χ0) is 15.2. The molecule has 21 heavy (non-hydrogen) atoms. The van der Waals surface area contributed by atoms with E-state index < -0.39 is 11.6 Å². The highest BCUT2D eigenvalue weighted by atomic mass is 19.1. The van der Waals surface area contributed by atoms with Gasteiger partial charge in [-0.1, -0.05) is 6.07 Å². The molecule has 0 atom stereocenters. The maximum absolute atomic E-state index is 13.6. The van der Waals surface area contributed by atoms with Crippen LogP contribution in [0.5, 0.6) is 0 Å². The minimum absolute atomic E-state index is 0.238. The van der Waals surface area contributed by atoms with E-state index in [1.54, 1.807) is 20.1 Å². The topological polar surface area (TPSA) is 59.1 Å². The largest absolute Gasteiger partial charge is 0.383 e. The van der Waals surface area contributed by atoms with Crippen molar-refractivity contribution in [3.63, 3.8) is 0 Å². The van der Waals surface area contributed by atoms with Gasteiger partial charge in [-0.05, 0) is 19.1 Å². The molecule has 1 aromatic carbocycles. The average Bonchev–Trinajstić information content (AvgIpc) is 2.43. The average molecular weight is 294 g/mol. The third-order valence-corrected chi connectivity index (χ3v) is 2.67. The summed E-state index contributed by atoms with van der Waals surface area (Å²) in [5.41, 5.74) is -0.238. The van der Waals surface area contributed by atoms with Crippen molar-refractivity contribution in [3.8, 4) is 0 Å². The van der Waals surface area contributed by atoms with Crippen molar-refractivity contribution in [3.05, 3.63) is 41.7 Å². The summed E-state index contributed by atoms with van der Waals surface area (Å²) in [4.78, 5) is 8.30. The number of nitrogens with one attached hydrogen (secondary N) is 2. The number of methoxy groups -OCH3 is 1. The zero-order valence-corrected chi connectivity index (χ0v) is 11.8. The van der Waals surface area contributed by atoms with Gasteiger partial charge in [0, 0.05) is 19.7 Å². The number of benzene rings is 1. The molecule has 1 aromatic heterocycles. The van der Waals surface area contributed by atoms with E-state index in [-0.39, 0.29) is 5.69 Å². The van der Waals surface area contributed by atoms with Crippen molar-refractivity contribution < 1.29 is 13.5 Å². The van der Waals surface area contributed by atoms with Crippen LogP contribution in [0.3, 0.4) is 0 Å². The molecule has 0 saturated heterocycles. The predicted octanol–water partition coefficient (Wildman–Crippen LogP) is 2.87. The highest BCUT2D eigenvalue weighted by Gasteiger charge is 2.10. The zero-order valence-electron chi connectivity index (χ0n) is 11.8. The van der Waals surface area contributed by atoms with Crippen LogP contribution in [0, 0.1) is 18.6 Å². The summed E-state index contributed by atoms with van der Waals surface area (Å²) in [6.07, 6.45) is 0. The second kappa shape index (κ2) is 6.94. The third-order valence-electron chi connectivity index (χ3n) is 2.67. The molecule has 0 aliphatic rings. The molecule has 2 rings (SSSR count). The molecule has 0 spiro atoms. The molecule has 0 unspecified atom stereocenters. The fraction of sp³-hybridized carbons (Fsp3) is 0.286. The van der Waals surface area contributed by atoms with Crippen molar-refractivity contribution in [2.24, 2.45) is 0 Å². The summed E-state index contributed by atoms with van der Waals surface area (Å²) >= 11 is 0. The van der Waals surface area contributed by atoms with E-state index in [4.69, 9.17) is 4.74 Å². The van der Waals surface area contributed by atoms with E-state index in [1.807, 2.05) is 0 Å². The number of ether oxygens (including phenoxy) is 1. The van der Waals surface area contributed by atoms with Crippen LogP contribution in [0.2, 0.25) is 0 Å². The Bertz CT molecular complexity index is 602. The lowest BCUT2D eigenvalue weighted by Crippen LogP contribution is -2.10. The Labute approximate surface area is 121 Å². The molecule has 0 bridgehead atoms. The van der Waals surface area contributed by atoms with Gasteiger partial charge in [0.15, 0.2) is 0 Å². The first-order valence-corrected chi connectivity index (χ1v) is 6.39. The SMILES string of the molecule is COCCNc1cc(Nc2c(F)cccc2F)nc(C)n1. The normalized spacial score (nSPS) is 10.5. The van der Waals surface area contributed by atoms with Gasteiger partial charge in [0.05, 0.1) is 6.61 Å². The van der Waals surface area contributed by atoms with E-state index in [0.717, 1.165) is 0 Å². The first-order chi connectivity index (χ1) is 10.1. The molecule has 0 radical (unpaired) electrons. The van der Waals surface area contributed by atoms with Crippen LogP contribution < -0.4 is 10.6 Å². The minimum Gasteiger partial charge on any atom is -0.383 e. The number of aryl methyl sites for hydroxylation is 1. The maximum atomic E-state index is 13.6. The molecule has 112 valence electrons. The Balaban J connectivity index is 2.20. The second-order valence-corrected chi connectivity index (χ2v) is 4.33. The Morgan fingerprint density at radius 1 is 1.14 bits per heavy atom. The predicted molar refractivity (Wildman–Crippen MR) is 76.8 cm³/mol. The van der Waals surface area contributed by atoms with E-state index in [2.05, 4.69) is 20.6 Å². The highest BCUT2D eigenvalue weighted by molar-refractivity contribution is 5.60. The number of rotatable bonds is 6. The minimum atomic E-state index is -0.680. The molecule has 0 saturated carbocycles. The summed E-state index contributed by atoms with van der Waals surface area (Å²) < 4.78 is 32.1. The summed E-state index contributed by atoms with van der Waals surface area (Å²) in [7, 11) is 1.60. The van der Waals surface area contributed by atoms with Crippen molar-refractivity contribution >= 4 is 17.3 Å². The molecule has 2 N–H and O–H groups in total. The number of anilines is 3. The Hall–Kier alpha value is -2.28. The van der Waals surface area contributed by atoms with Gasteiger partial charge in [-0.3, -0.25) is 0 Å². The third kappa shape index (κ3) is 4.09. The number of halogens is 2. The van der Waals surface area contributed by atoms with E-state index in [0.29, 0.717) is 30.6 Å². The molecule has 0 amide bonds. The Morgan fingerprint density at radius 3 is 2.48 bits per heavy atom. The number of para-hydroxylation sites is 1. The number of aromatic nitrogens is 2. The lowest BCUT2D eigenvalue weighted by molar-refractivity contribution is 0.210. The van der Waals surface area contributed by atoms with Crippen LogP contribution in [-0.4, -0.2) is 30.2 Å². The fourth-order valence-corrected chi connectivity index (χ4v) is 1.75. The number of hydrogen-bond acceptors (Lipinski definition) is 5. The van der Waals surface area contributed by atoms with Crippen molar-refractivity contribution in [2.45, 2.75) is 6.92 Å². The van der Waals surface area contributed by atoms with Crippen LogP contribution in [0.25, 0.3) is 0 Å². The summed E-state index contributed by atoms with van der Waals surface area (Å²) in [6, 6.07) is 5.24. The van der Waals surface area contributed by atoms with Crippen LogP contribution in [-0.2, 0) is 4.74 Å². The summed E-state index contributed by atoms with van der Waals surface area (Å²) in [5.74, 6) is -0.0119. The first-order valence-electron chi connectivity index (χ1n) is 6.39. The van der Waals surface area contributed by atoms with Gasteiger partial charge >= 0.3 is 0 Å². The van der Waals surface area contributed by atoms with Crippen LogP contribution >= 0.6 is 0 Å². The summed E-state index contributed by atoms with van der Waals surface area (Å²) in [5, 5.41) is 5.68. The highest BCUT2D eigenvalue weighted by Crippen LogP contribution is 2.23. The number of hydrogen-bond donors (Lipinski definition) is 2. The fourth-order valence-electron chi connectivity index (χ4n) is 1.75. The summed E-state index contributed by atoms with van der Waals surface area (Å²) in [6.45, 7) is 2.79. The lowest BCUT2D eigenvalue weighted by atomic mass is 10.3. The van der Waals surface area contributed by atoms with E-state index >= 15 is 0 Å². The molecule has 1 heterocycles. The molecule has 0 fully saturated rings. The maximum Gasteiger partial charge on any atom is 0.149 e. The van der Waals surface area contributed by atoms with Crippen molar-refractivity contribution in [1.82, 2.24) is 9.97 Å². The Kier molecular flexibility index (Phi) is 4.99. The monoisotopic (exact) mass is 294 g/mol. The molecule has 0 aliphatic carbocycles. The smallest absolute Gasteiger partial charge is 0.149 e. The molecular formula is C14H16F2N4O. The van der Waals surface area contributed by atoms with E-state index in [1.165, 1.54) is 18.2 Å². The van der Waals surface area contributed by atoms with Crippen molar-refractivity contribution in [2.75, 3.05) is 30.9 Å². The molecule has 0 aliphatic heterocycles.